The van der Waals surface area contributed by atoms with Gasteiger partial charge in [0, 0.05) is 13.1 Å². The molecule has 106 valence electrons. The highest BCUT2D eigenvalue weighted by Crippen LogP contribution is 2.39. The number of rotatable bonds is 5. The molecule has 4 nitrogen and oxygen atoms in total. The van der Waals surface area contributed by atoms with Crippen LogP contribution in [0.4, 0.5) is 4.79 Å². The van der Waals surface area contributed by atoms with Crippen LogP contribution in [0.25, 0.3) is 0 Å². The van der Waals surface area contributed by atoms with E-state index in [0.717, 1.165) is 24.9 Å². The van der Waals surface area contributed by atoms with Crippen molar-refractivity contribution in [2.45, 2.75) is 46.5 Å². The molecule has 1 rings (SSSR count). The van der Waals surface area contributed by atoms with Gasteiger partial charge in [-0.3, -0.25) is 0 Å². The van der Waals surface area contributed by atoms with Gasteiger partial charge < -0.3 is 16.4 Å². The molecule has 0 atom stereocenters. The first kappa shape index (κ1) is 15.3. The van der Waals surface area contributed by atoms with Crippen LogP contribution in [0.15, 0.2) is 0 Å². The minimum Gasteiger partial charge on any atom is -0.352 e. The second kappa shape index (κ2) is 6.98. The third kappa shape index (κ3) is 5.71. The first-order valence-corrected chi connectivity index (χ1v) is 7.13. The van der Waals surface area contributed by atoms with Gasteiger partial charge in [0.25, 0.3) is 0 Å². The average Bonchev–Trinajstić information content (AvgIpc) is 2.27. The molecule has 0 aliphatic heterocycles. The Morgan fingerprint density at radius 2 is 1.78 bits per heavy atom. The van der Waals surface area contributed by atoms with E-state index in [1.165, 1.54) is 25.7 Å². The zero-order valence-corrected chi connectivity index (χ0v) is 12.1. The summed E-state index contributed by atoms with van der Waals surface area (Å²) >= 11 is 0. The summed E-state index contributed by atoms with van der Waals surface area (Å²) in [4.78, 5) is 10.5. The molecule has 0 unspecified atom stereocenters. The summed E-state index contributed by atoms with van der Waals surface area (Å²) in [6.45, 7) is 9.55. The lowest BCUT2D eigenvalue weighted by Gasteiger charge is -2.37. The van der Waals surface area contributed by atoms with Crippen LogP contribution in [0.5, 0.6) is 0 Å². The molecule has 2 amide bonds. The Labute approximate surface area is 111 Å². The van der Waals surface area contributed by atoms with Crippen LogP contribution in [0.2, 0.25) is 0 Å². The monoisotopic (exact) mass is 255 g/mol. The normalized spacial score (nSPS) is 24.8. The minimum absolute atomic E-state index is 0.442. The van der Waals surface area contributed by atoms with Crippen LogP contribution in [0.1, 0.15) is 46.5 Å². The van der Waals surface area contributed by atoms with Crippen molar-refractivity contribution in [3.63, 3.8) is 0 Å². The first-order valence-electron chi connectivity index (χ1n) is 7.13. The highest BCUT2D eigenvalue weighted by Gasteiger charge is 2.29. The lowest BCUT2D eigenvalue weighted by molar-refractivity contribution is 0.149. The molecule has 1 saturated carbocycles. The van der Waals surface area contributed by atoms with E-state index in [4.69, 9.17) is 5.73 Å². The Bertz CT molecular complexity index is 252. The fourth-order valence-corrected chi connectivity index (χ4v) is 2.81. The van der Waals surface area contributed by atoms with Gasteiger partial charge in [-0.25, -0.2) is 4.79 Å². The third-order valence-electron chi connectivity index (χ3n) is 4.11. The molecule has 4 heteroatoms. The van der Waals surface area contributed by atoms with Crippen molar-refractivity contribution >= 4 is 6.03 Å². The Morgan fingerprint density at radius 1 is 1.17 bits per heavy atom. The lowest BCUT2D eigenvalue weighted by atomic mass is 9.70. The van der Waals surface area contributed by atoms with E-state index < -0.39 is 6.03 Å². The quantitative estimate of drug-likeness (QED) is 0.659. The number of urea groups is 1. The molecule has 0 heterocycles. The predicted octanol–water partition coefficient (Wildman–Crippen LogP) is 2.10. The summed E-state index contributed by atoms with van der Waals surface area (Å²) in [5.74, 6) is 1.68. The van der Waals surface area contributed by atoms with Crippen LogP contribution < -0.4 is 16.4 Å². The number of nitrogens with one attached hydrogen (secondary N) is 2. The van der Waals surface area contributed by atoms with Crippen LogP contribution >= 0.6 is 0 Å². The van der Waals surface area contributed by atoms with Gasteiger partial charge in [0.1, 0.15) is 0 Å². The molecule has 0 spiro atoms. The Balaban J connectivity index is 2.07. The second-order valence-electron chi connectivity index (χ2n) is 6.58. The molecule has 1 aliphatic rings. The number of nitrogens with two attached hydrogens (primary N) is 1. The molecular weight excluding hydrogens is 226 g/mol. The Hall–Kier alpha value is -0.770. The van der Waals surface area contributed by atoms with Gasteiger partial charge in [-0.15, -0.1) is 0 Å². The largest absolute Gasteiger partial charge is 0.352 e. The molecule has 0 saturated heterocycles. The maximum Gasteiger partial charge on any atom is 0.312 e. The standard InChI is InChI=1S/C14H29N3O/c1-14(2,3)12-6-4-11(5-7-12)10-16-8-9-17-13(15)18/h11-12,16H,4-10H2,1-3H3,(H3,15,17,18). The molecule has 4 N–H and O–H groups in total. The first-order chi connectivity index (χ1) is 8.39. The van der Waals surface area contributed by atoms with Crippen molar-refractivity contribution in [2.75, 3.05) is 19.6 Å². The third-order valence-corrected chi connectivity index (χ3v) is 4.11. The SMILES string of the molecule is CC(C)(C)C1CCC(CNCCNC(N)=O)CC1. The summed E-state index contributed by atoms with van der Waals surface area (Å²) < 4.78 is 0. The van der Waals surface area contributed by atoms with E-state index in [2.05, 4.69) is 31.4 Å². The van der Waals surface area contributed by atoms with Crippen molar-refractivity contribution in [1.82, 2.24) is 10.6 Å². The molecule has 1 aliphatic carbocycles. The van der Waals surface area contributed by atoms with Gasteiger partial charge in [0.15, 0.2) is 0 Å². The zero-order valence-electron chi connectivity index (χ0n) is 12.1. The molecule has 0 bridgehead atoms. The summed E-state index contributed by atoms with van der Waals surface area (Å²) in [5.41, 5.74) is 5.46. The molecule has 0 aromatic rings. The summed E-state index contributed by atoms with van der Waals surface area (Å²) in [5, 5.41) is 5.98. The number of primary amides is 1. The summed E-state index contributed by atoms with van der Waals surface area (Å²) in [6, 6.07) is -0.442. The van der Waals surface area contributed by atoms with Crippen LogP contribution in [0, 0.1) is 17.3 Å². The Morgan fingerprint density at radius 3 is 2.28 bits per heavy atom. The number of amides is 2. The van der Waals surface area contributed by atoms with E-state index in [1.54, 1.807) is 0 Å². The molecular formula is C14H29N3O. The van der Waals surface area contributed by atoms with E-state index in [1.807, 2.05) is 0 Å². The smallest absolute Gasteiger partial charge is 0.312 e. The van der Waals surface area contributed by atoms with E-state index in [0.29, 0.717) is 12.0 Å². The van der Waals surface area contributed by atoms with Crippen LogP contribution in [-0.2, 0) is 0 Å². The number of hydrogen-bond acceptors (Lipinski definition) is 2. The van der Waals surface area contributed by atoms with Gasteiger partial charge in [0.2, 0.25) is 0 Å². The maximum absolute atomic E-state index is 10.5. The fraction of sp³-hybridized carbons (Fsp3) is 0.929. The van der Waals surface area contributed by atoms with Crippen LogP contribution in [0.3, 0.4) is 0 Å². The molecule has 1 fully saturated rings. The van der Waals surface area contributed by atoms with Crippen molar-refractivity contribution in [1.29, 1.82) is 0 Å². The van der Waals surface area contributed by atoms with E-state index in [-0.39, 0.29) is 0 Å². The lowest BCUT2D eigenvalue weighted by Crippen LogP contribution is -2.37. The Kier molecular flexibility index (Phi) is 5.93. The maximum atomic E-state index is 10.5. The van der Waals surface area contributed by atoms with Crippen molar-refractivity contribution in [3.05, 3.63) is 0 Å². The number of hydrogen-bond donors (Lipinski definition) is 3. The van der Waals surface area contributed by atoms with Gasteiger partial charge in [0.05, 0.1) is 0 Å². The predicted molar refractivity (Wildman–Crippen MR) is 75.4 cm³/mol. The molecule has 0 radical (unpaired) electrons. The summed E-state index contributed by atoms with van der Waals surface area (Å²) in [6.07, 6.45) is 5.38. The fourth-order valence-electron chi connectivity index (χ4n) is 2.81. The van der Waals surface area contributed by atoms with E-state index in [9.17, 15) is 4.79 Å². The zero-order chi connectivity index (χ0) is 13.6. The minimum atomic E-state index is -0.442. The van der Waals surface area contributed by atoms with Crippen molar-refractivity contribution in [2.24, 2.45) is 23.0 Å². The van der Waals surface area contributed by atoms with Crippen LogP contribution in [-0.4, -0.2) is 25.7 Å². The van der Waals surface area contributed by atoms with Gasteiger partial charge in [-0.05, 0) is 49.5 Å². The highest BCUT2D eigenvalue weighted by atomic mass is 16.2. The highest BCUT2D eigenvalue weighted by molar-refractivity contribution is 5.71. The van der Waals surface area contributed by atoms with E-state index >= 15 is 0 Å². The topological polar surface area (TPSA) is 67.2 Å². The van der Waals surface area contributed by atoms with Gasteiger partial charge in [-0.2, -0.15) is 0 Å². The summed E-state index contributed by atoms with van der Waals surface area (Å²) in [7, 11) is 0. The van der Waals surface area contributed by atoms with Gasteiger partial charge >= 0.3 is 6.03 Å². The average molecular weight is 255 g/mol. The number of carbonyl (C=O) groups excluding carboxylic acids is 1. The number of carbonyl (C=O) groups is 1. The second-order valence-corrected chi connectivity index (χ2v) is 6.58. The molecule has 0 aromatic carbocycles. The van der Waals surface area contributed by atoms with Crippen molar-refractivity contribution in [3.8, 4) is 0 Å². The molecule has 18 heavy (non-hydrogen) atoms. The molecule has 0 aromatic heterocycles. The van der Waals surface area contributed by atoms with Crippen molar-refractivity contribution < 1.29 is 4.79 Å². The van der Waals surface area contributed by atoms with Gasteiger partial charge in [-0.1, -0.05) is 20.8 Å².